The summed E-state index contributed by atoms with van der Waals surface area (Å²) in [6, 6.07) is 9.73. The van der Waals surface area contributed by atoms with Crippen molar-refractivity contribution in [3.63, 3.8) is 0 Å². The van der Waals surface area contributed by atoms with E-state index in [1.165, 1.54) is 11.3 Å². The number of fused-ring (bicyclic) bond motifs is 1. The van der Waals surface area contributed by atoms with Crippen molar-refractivity contribution in [3.05, 3.63) is 46.7 Å². The Morgan fingerprint density at radius 2 is 1.95 bits per heavy atom. The van der Waals surface area contributed by atoms with Crippen molar-refractivity contribution >= 4 is 44.4 Å². The molecule has 0 amide bonds. The SMILES string of the molecule is CN(C)c1csc(OC(=O)c2csc3ccccc23)c1. The Balaban J connectivity index is 1.85. The summed E-state index contributed by atoms with van der Waals surface area (Å²) >= 11 is 2.98. The van der Waals surface area contributed by atoms with Gasteiger partial charge in [0.05, 0.1) is 11.3 Å². The lowest BCUT2D eigenvalue weighted by atomic mass is 10.2. The summed E-state index contributed by atoms with van der Waals surface area (Å²) in [5.74, 6) is -0.297. The number of nitrogens with zero attached hydrogens (tertiary/aromatic N) is 1. The lowest BCUT2D eigenvalue weighted by molar-refractivity contribution is 0.0743. The quantitative estimate of drug-likeness (QED) is 0.678. The second kappa shape index (κ2) is 5.26. The van der Waals surface area contributed by atoms with E-state index in [-0.39, 0.29) is 5.97 Å². The van der Waals surface area contributed by atoms with Gasteiger partial charge in [0.1, 0.15) is 0 Å². The van der Waals surface area contributed by atoms with Gasteiger partial charge >= 0.3 is 5.97 Å². The maximum Gasteiger partial charge on any atom is 0.345 e. The molecule has 2 heterocycles. The van der Waals surface area contributed by atoms with Gasteiger partial charge in [0.25, 0.3) is 0 Å². The van der Waals surface area contributed by atoms with Crippen LogP contribution in [0.2, 0.25) is 0 Å². The normalized spacial score (nSPS) is 10.7. The van der Waals surface area contributed by atoms with Gasteiger partial charge in [-0.3, -0.25) is 0 Å². The first kappa shape index (κ1) is 13.1. The van der Waals surface area contributed by atoms with Crippen molar-refractivity contribution in [1.82, 2.24) is 0 Å². The standard InChI is InChI=1S/C15H13NO2S2/c1-16(2)10-7-14(20-8-10)18-15(17)12-9-19-13-6-4-3-5-11(12)13/h3-9H,1-2H3. The number of esters is 1. The number of carbonyl (C=O) groups excluding carboxylic acids is 1. The molecule has 0 aliphatic heterocycles. The highest BCUT2D eigenvalue weighted by Gasteiger charge is 2.15. The van der Waals surface area contributed by atoms with Gasteiger partial charge in [-0.2, -0.15) is 0 Å². The zero-order valence-corrected chi connectivity index (χ0v) is 12.8. The third kappa shape index (κ3) is 2.42. The highest BCUT2D eigenvalue weighted by atomic mass is 32.1. The van der Waals surface area contributed by atoms with Crippen molar-refractivity contribution in [1.29, 1.82) is 0 Å². The van der Waals surface area contributed by atoms with Crippen LogP contribution in [0.25, 0.3) is 10.1 Å². The molecule has 0 unspecified atom stereocenters. The molecule has 0 saturated heterocycles. The van der Waals surface area contributed by atoms with E-state index in [1.54, 1.807) is 11.3 Å². The lowest BCUT2D eigenvalue weighted by Gasteiger charge is -2.07. The van der Waals surface area contributed by atoms with Crippen LogP contribution in [0.4, 0.5) is 5.69 Å². The molecule has 3 aromatic rings. The van der Waals surface area contributed by atoms with Crippen LogP contribution in [0.5, 0.6) is 5.06 Å². The van der Waals surface area contributed by atoms with Crippen LogP contribution in [0.3, 0.4) is 0 Å². The maximum atomic E-state index is 12.2. The Bertz CT molecular complexity index is 758. The Labute approximate surface area is 125 Å². The molecule has 3 rings (SSSR count). The van der Waals surface area contributed by atoms with E-state index in [0.29, 0.717) is 10.6 Å². The zero-order chi connectivity index (χ0) is 14.1. The number of hydrogen-bond donors (Lipinski definition) is 0. The lowest BCUT2D eigenvalue weighted by Crippen LogP contribution is -2.08. The van der Waals surface area contributed by atoms with Gasteiger partial charge in [-0.25, -0.2) is 4.79 Å². The number of thiophene rings is 2. The van der Waals surface area contributed by atoms with Crippen LogP contribution in [-0.2, 0) is 0 Å². The third-order valence-corrected chi connectivity index (χ3v) is 4.73. The number of hydrogen-bond acceptors (Lipinski definition) is 5. The van der Waals surface area contributed by atoms with Crippen molar-refractivity contribution in [3.8, 4) is 5.06 Å². The first-order chi connectivity index (χ1) is 9.65. The molecule has 20 heavy (non-hydrogen) atoms. The minimum atomic E-state index is -0.297. The molecule has 0 atom stereocenters. The first-order valence-corrected chi connectivity index (χ1v) is 7.85. The minimum Gasteiger partial charge on any atom is -0.412 e. The van der Waals surface area contributed by atoms with Gasteiger partial charge < -0.3 is 9.64 Å². The van der Waals surface area contributed by atoms with E-state index in [9.17, 15) is 4.79 Å². The molecule has 0 bridgehead atoms. The average molecular weight is 303 g/mol. The fraction of sp³-hybridized carbons (Fsp3) is 0.133. The Hall–Kier alpha value is -1.85. The summed E-state index contributed by atoms with van der Waals surface area (Å²) < 4.78 is 6.55. The molecule has 0 spiro atoms. The third-order valence-electron chi connectivity index (χ3n) is 2.97. The van der Waals surface area contributed by atoms with Crippen molar-refractivity contribution in [2.45, 2.75) is 0 Å². The topological polar surface area (TPSA) is 29.5 Å². The van der Waals surface area contributed by atoms with Crippen LogP contribution in [0.1, 0.15) is 10.4 Å². The van der Waals surface area contributed by atoms with Gasteiger partial charge in [-0.05, 0) is 6.07 Å². The van der Waals surface area contributed by atoms with Crippen LogP contribution >= 0.6 is 22.7 Å². The molecule has 102 valence electrons. The molecule has 1 aromatic carbocycles. The molecule has 0 N–H and O–H groups in total. The summed E-state index contributed by atoms with van der Waals surface area (Å²) in [4.78, 5) is 14.2. The summed E-state index contributed by atoms with van der Waals surface area (Å²) in [6.45, 7) is 0. The van der Waals surface area contributed by atoms with Crippen LogP contribution in [0.15, 0.2) is 41.1 Å². The molecule has 5 heteroatoms. The second-order valence-corrected chi connectivity index (χ2v) is 6.34. The molecule has 0 saturated carbocycles. The monoisotopic (exact) mass is 303 g/mol. The van der Waals surface area contributed by atoms with Crippen molar-refractivity contribution in [2.24, 2.45) is 0 Å². The smallest absolute Gasteiger partial charge is 0.345 e. The minimum absolute atomic E-state index is 0.297. The fourth-order valence-corrected chi connectivity index (χ4v) is 3.64. The van der Waals surface area contributed by atoms with E-state index in [2.05, 4.69) is 0 Å². The second-order valence-electron chi connectivity index (χ2n) is 4.55. The van der Waals surface area contributed by atoms with Gasteiger partial charge in [0.15, 0.2) is 5.06 Å². The number of anilines is 1. The van der Waals surface area contributed by atoms with Gasteiger partial charge in [0, 0.05) is 41.0 Å². The maximum absolute atomic E-state index is 12.2. The number of carbonyl (C=O) groups is 1. The van der Waals surface area contributed by atoms with Crippen LogP contribution < -0.4 is 9.64 Å². The summed E-state index contributed by atoms with van der Waals surface area (Å²) in [5, 5.41) is 5.39. The predicted octanol–water partition coefficient (Wildman–Crippen LogP) is 4.25. The molecule has 0 aliphatic carbocycles. The van der Waals surface area contributed by atoms with Crippen molar-refractivity contribution in [2.75, 3.05) is 19.0 Å². The molecule has 0 aliphatic rings. The molecule has 3 nitrogen and oxygen atoms in total. The van der Waals surface area contributed by atoms with E-state index >= 15 is 0 Å². The van der Waals surface area contributed by atoms with E-state index in [0.717, 1.165) is 15.8 Å². The zero-order valence-electron chi connectivity index (χ0n) is 11.1. The van der Waals surface area contributed by atoms with E-state index < -0.39 is 0 Å². The highest BCUT2D eigenvalue weighted by Crippen LogP contribution is 2.31. The van der Waals surface area contributed by atoms with Crippen LogP contribution in [-0.4, -0.2) is 20.1 Å². The summed E-state index contributed by atoms with van der Waals surface area (Å²) in [6.07, 6.45) is 0. The average Bonchev–Trinajstić information content (AvgIpc) is 3.04. The number of ether oxygens (including phenoxy) is 1. The molecular formula is C15H13NO2S2. The largest absolute Gasteiger partial charge is 0.412 e. The predicted molar refractivity (Wildman–Crippen MR) is 85.4 cm³/mol. The number of rotatable bonds is 3. The number of benzene rings is 1. The van der Waals surface area contributed by atoms with Gasteiger partial charge in [-0.1, -0.05) is 18.2 Å². The molecule has 0 radical (unpaired) electrons. The fourth-order valence-electron chi connectivity index (χ4n) is 1.88. The summed E-state index contributed by atoms with van der Waals surface area (Å²) in [5.41, 5.74) is 1.67. The Morgan fingerprint density at radius 1 is 1.15 bits per heavy atom. The van der Waals surface area contributed by atoms with Gasteiger partial charge in [0.2, 0.25) is 0 Å². The van der Waals surface area contributed by atoms with E-state index in [1.807, 2.05) is 60.1 Å². The van der Waals surface area contributed by atoms with Crippen LogP contribution in [0, 0.1) is 0 Å². The highest BCUT2D eigenvalue weighted by molar-refractivity contribution is 7.17. The first-order valence-electron chi connectivity index (χ1n) is 6.09. The summed E-state index contributed by atoms with van der Waals surface area (Å²) in [7, 11) is 3.92. The van der Waals surface area contributed by atoms with E-state index in [4.69, 9.17) is 4.74 Å². The van der Waals surface area contributed by atoms with Crippen molar-refractivity contribution < 1.29 is 9.53 Å². The Morgan fingerprint density at radius 3 is 2.70 bits per heavy atom. The molecular weight excluding hydrogens is 290 g/mol. The molecule has 0 fully saturated rings. The molecule has 2 aromatic heterocycles. The Kier molecular flexibility index (Phi) is 3.46. The van der Waals surface area contributed by atoms with Gasteiger partial charge in [-0.15, -0.1) is 22.7 Å².